The summed E-state index contributed by atoms with van der Waals surface area (Å²) in [6, 6.07) is 13.9. The highest BCUT2D eigenvalue weighted by atomic mass is 32.1. The fourth-order valence-corrected chi connectivity index (χ4v) is 3.69. The van der Waals surface area contributed by atoms with E-state index >= 15 is 0 Å². The van der Waals surface area contributed by atoms with Gasteiger partial charge in [0.2, 0.25) is 5.78 Å². The van der Waals surface area contributed by atoms with E-state index in [1.807, 2.05) is 63.2 Å². The molecule has 0 spiro atoms. The summed E-state index contributed by atoms with van der Waals surface area (Å²) < 4.78 is 5.24. The SMILES string of the molecule is CCc1ccc(CC)c(C(=O)COC(=O)c2csc(-c3ccc(C)cc3)n2)c1. The fraction of sp³-hybridized carbons (Fsp3) is 0.261. The molecule has 3 rings (SSSR count). The number of thiazole rings is 1. The summed E-state index contributed by atoms with van der Waals surface area (Å²) in [5, 5.41) is 2.42. The second-order valence-electron chi connectivity index (χ2n) is 6.60. The summed E-state index contributed by atoms with van der Waals surface area (Å²) in [7, 11) is 0. The van der Waals surface area contributed by atoms with Crippen LogP contribution in [-0.2, 0) is 17.6 Å². The van der Waals surface area contributed by atoms with Crippen molar-refractivity contribution >= 4 is 23.1 Å². The summed E-state index contributed by atoms with van der Waals surface area (Å²) >= 11 is 1.38. The van der Waals surface area contributed by atoms with Crippen LogP contribution in [0.2, 0.25) is 0 Å². The molecule has 0 aliphatic heterocycles. The lowest BCUT2D eigenvalue weighted by atomic mass is 9.98. The number of carbonyl (C=O) groups is 2. The average molecular weight is 394 g/mol. The molecule has 0 radical (unpaired) electrons. The molecule has 2 aromatic carbocycles. The number of Topliss-reactive ketones (excluding diaryl/α,β-unsaturated/α-hetero) is 1. The van der Waals surface area contributed by atoms with Gasteiger partial charge in [-0.2, -0.15) is 0 Å². The number of nitrogens with zero attached hydrogens (tertiary/aromatic N) is 1. The standard InChI is InChI=1S/C23H23NO3S/c1-4-16-8-11-17(5-2)19(12-16)21(25)13-27-23(26)20-14-28-22(24-20)18-9-6-15(3)7-10-18/h6-12,14H,4-5,13H2,1-3H3. The average Bonchev–Trinajstić information content (AvgIpc) is 3.22. The Morgan fingerprint density at radius 2 is 1.79 bits per heavy atom. The Balaban J connectivity index is 1.67. The minimum atomic E-state index is -0.576. The molecule has 1 aromatic heterocycles. The van der Waals surface area contributed by atoms with Crippen LogP contribution in [0, 0.1) is 6.92 Å². The van der Waals surface area contributed by atoms with Crippen molar-refractivity contribution in [2.75, 3.05) is 6.61 Å². The Morgan fingerprint density at radius 1 is 1.04 bits per heavy atom. The maximum atomic E-state index is 12.6. The van der Waals surface area contributed by atoms with Crippen LogP contribution in [-0.4, -0.2) is 23.3 Å². The Kier molecular flexibility index (Phi) is 6.37. The van der Waals surface area contributed by atoms with Crippen LogP contribution < -0.4 is 0 Å². The molecule has 0 unspecified atom stereocenters. The van der Waals surface area contributed by atoms with Crippen molar-refractivity contribution in [2.45, 2.75) is 33.6 Å². The molecule has 0 aliphatic carbocycles. The third-order valence-corrected chi connectivity index (χ3v) is 5.50. The normalized spacial score (nSPS) is 10.7. The van der Waals surface area contributed by atoms with Crippen LogP contribution in [0.5, 0.6) is 0 Å². The van der Waals surface area contributed by atoms with Crippen molar-refractivity contribution in [1.82, 2.24) is 4.98 Å². The van der Waals surface area contributed by atoms with Gasteiger partial charge in [-0.15, -0.1) is 11.3 Å². The molecule has 3 aromatic rings. The molecule has 1 heterocycles. The summed E-state index contributed by atoms with van der Waals surface area (Å²) in [6.45, 7) is 5.79. The summed E-state index contributed by atoms with van der Waals surface area (Å²) in [6.07, 6.45) is 1.61. The first-order chi connectivity index (χ1) is 13.5. The number of esters is 1. The van der Waals surface area contributed by atoms with Gasteiger partial charge >= 0.3 is 5.97 Å². The van der Waals surface area contributed by atoms with Gasteiger partial charge < -0.3 is 4.74 Å². The number of ether oxygens (including phenoxy) is 1. The lowest BCUT2D eigenvalue weighted by Crippen LogP contribution is -2.16. The van der Waals surface area contributed by atoms with Gasteiger partial charge in [-0.3, -0.25) is 4.79 Å². The number of benzene rings is 2. The zero-order valence-corrected chi connectivity index (χ0v) is 17.1. The van der Waals surface area contributed by atoms with E-state index in [4.69, 9.17) is 4.74 Å². The quantitative estimate of drug-likeness (QED) is 0.405. The van der Waals surface area contributed by atoms with Crippen LogP contribution in [0.4, 0.5) is 0 Å². The van der Waals surface area contributed by atoms with Crippen molar-refractivity contribution in [3.05, 3.63) is 75.8 Å². The molecule has 4 nitrogen and oxygen atoms in total. The van der Waals surface area contributed by atoms with Crippen LogP contribution in [0.1, 0.15) is 51.4 Å². The summed E-state index contributed by atoms with van der Waals surface area (Å²) in [5.41, 5.74) is 5.04. The van der Waals surface area contributed by atoms with Crippen molar-refractivity contribution in [2.24, 2.45) is 0 Å². The van der Waals surface area contributed by atoms with E-state index in [1.54, 1.807) is 5.38 Å². The topological polar surface area (TPSA) is 56.3 Å². The summed E-state index contributed by atoms with van der Waals surface area (Å²) in [5.74, 6) is -0.762. The molecule has 144 valence electrons. The number of hydrogen-bond donors (Lipinski definition) is 0. The van der Waals surface area contributed by atoms with Gasteiger partial charge in [0, 0.05) is 16.5 Å². The number of ketones is 1. The van der Waals surface area contributed by atoms with Gasteiger partial charge in [0.1, 0.15) is 5.01 Å². The van der Waals surface area contributed by atoms with Gasteiger partial charge in [0.25, 0.3) is 0 Å². The van der Waals surface area contributed by atoms with E-state index in [0.29, 0.717) is 5.56 Å². The first-order valence-corrected chi connectivity index (χ1v) is 10.2. The van der Waals surface area contributed by atoms with Gasteiger partial charge in [-0.1, -0.05) is 55.8 Å². The van der Waals surface area contributed by atoms with Gasteiger partial charge in [-0.05, 0) is 37.0 Å². The Labute approximate surface area is 169 Å². The van der Waals surface area contributed by atoms with Crippen molar-refractivity contribution in [3.63, 3.8) is 0 Å². The number of hydrogen-bond acceptors (Lipinski definition) is 5. The molecule has 0 saturated heterocycles. The second kappa shape index (κ2) is 8.93. The molecule has 0 amide bonds. The zero-order valence-electron chi connectivity index (χ0n) is 16.3. The predicted molar refractivity (Wildman–Crippen MR) is 112 cm³/mol. The third-order valence-electron chi connectivity index (χ3n) is 4.61. The van der Waals surface area contributed by atoms with Crippen molar-refractivity contribution in [1.29, 1.82) is 0 Å². The molecular weight excluding hydrogens is 370 g/mol. The minimum Gasteiger partial charge on any atom is -0.453 e. The maximum Gasteiger partial charge on any atom is 0.358 e. The molecule has 0 N–H and O–H groups in total. The number of aryl methyl sites for hydroxylation is 3. The number of rotatable bonds is 7. The van der Waals surface area contributed by atoms with Gasteiger partial charge in [-0.25, -0.2) is 9.78 Å². The molecule has 28 heavy (non-hydrogen) atoms. The predicted octanol–water partition coefficient (Wildman–Crippen LogP) is 5.28. The lowest BCUT2D eigenvalue weighted by Gasteiger charge is -2.09. The molecule has 0 atom stereocenters. The van der Waals surface area contributed by atoms with E-state index < -0.39 is 5.97 Å². The van der Waals surface area contributed by atoms with E-state index in [2.05, 4.69) is 4.98 Å². The molecule has 5 heteroatoms. The van der Waals surface area contributed by atoms with E-state index in [1.165, 1.54) is 11.3 Å². The summed E-state index contributed by atoms with van der Waals surface area (Å²) in [4.78, 5) is 29.3. The highest BCUT2D eigenvalue weighted by Gasteiger charge is 2.17. The molecule has 0 saturated carbocycles. The maximum absolute atomic E-state index is 12.6. The Hall–Kier alpha value is -2.79. The molecular formula is C23H23NO3S. The Bertz CT molecular complexity index is 989. The van der Waals surface area contributed by atoms with E-state index in [-0.39, 0.29) is 18.1 Å². The first kappa shape index (κ1) is 20.0. The van der Waals surface area contributed by atoms with Crippen LogP contribution in [0.15, 0.2) is 47.8 Å². The van der Waals surface area contributed by atoms with Crippen molar-refractivity contribution < 1.29 is 14.3 Å². The fourth-order valence-electron chi connectivity index (χ4n) is 2.89. The lowest BCUT2D eigenvalue weighted by molar-refractivity contribution is 0.0469. The molecule has 0 bridgehead atoms. The van der Waals surface area contributed by atoms with Crippen molar-refractivity contribution in [3.8, 4) is 10.6 Å². The van der Waals surface area contributed by atoms with E-state index in [0.717, 1.165) is 40.1 Å². The first-order valence-electron chi connectivity index (χ1n) is 9.36. The number of carbonyl (C=O) groups excluding carboxylic acids is 2. The largest absolute Gasteiger partial charge is 0.453 e. The smallest absolute Gasteiger partial charge is 0.358 e. The number of aromatic nitrogens is 1. The second-order valence-corrected chi connectivity index (χ2v) is 7.46. The minimum absolute atomic E-state index is 0.186. The zero-order chi connectivity index (χ0) is 20.1. The monoisotopic (exact) mass is 393 g/mol. The van der Waals surface area contributed by atoms with Crippen LogP contribution in [0.25, 0.3) is 10.6 Å². The molecule has 0 fully saturated rings. The third kappa shape index (κ3) is 4.54. The molecule has 0 aliphatic rings. The van der Waals surface area contributed by atoms with E-state index in [9.17, 15) is 9.59 Å². The highest BCUT2D eigenvalue weighted by Crippen LogP contribution is 2.24. The van der Waals surface area contributed by atoms with Gasteiger partial charge in [0.15, 0.2) is 12.3 Å². The van der Waals surface area contributed by atoms with Crippen LogP contribution >= 0.6 is 11.3 Å². The van der Waals surface area contributed by atoms with Crippen LogP contribution in [0.3, 0.4) is 0 Å². The highest BCUT2D eigenvalue weighted by molar-refractivity contribution is 7.13. The Morgan fingerprint density at radius 3 is 2.46 bits per heavy atom. The van der Waals surface area contributed by atoms with Gasteiger partial charge in [0.05, 0.1) is 0 Å².